The van der Waals surface area contributed by atoms with Crippen LogP contribution in [0.3, 0.4) is 0 Å². The molecule has 2 aromatic rings. The summed E-state index contributed by atoms with van der Waals surface area (Å²) in [6.45, 7) is 6.54. The van der Waals surface area contributed by atoms with Crippen LogP contribution in [0.1, 0.15) is 45.6 Å². The molecular weight excluding hydrogens is 422 g/mol. The van der Waals surface area contributed by atoms with Crippen molar-refractivity contribution < 1.29 is 17.9 Å². The molecule has 162 valence electrons. The minimum Gasteiger partial charge on any atom is -0.487 e. The Bertz CT molecular complexity index is 1030. The molecule has 2 bridgehead atoms. The smallest absolute Gasteiger partial charge is 0.240 e. The first kappa shape index (κ1) is 21.6. The van der Waals surface area contributed by atoms with Crippen LogP contribution in [0.2, 0.25) is 5.02 Å². The van der Waals surface area contributed by atoms with Gasteiger partial charge in [-0.2, -0.15) is 0 Å². The normalized spacial score (nSPS) is 28.2. The van der Waals surface area contributed by atoms with Crippen molar-refractivity contribution >= 4 is 21.6 Å². The molecule has 2 saturated heterocycles. The van der Waals surface area contributed by atoms with Crippen LogP contribution in [0, 0.1) is 5.92 Å². The van der Waals surface area contributed by atoms with E-state index in [1.807, 2.05) is 12.1 Å². The Balaban J connectivity index is 1.55. The highest BCUT2D eigenvalue weighted by atomic mass is 35.5. The van der Waals surface area contributed by atoms with E-state index >= 15 is 0 Å². The van der Waals surface area contributed by atoms with Crippen LogP contribution in [0.25, 0.3) is 0 Å². The Morgan fingerprint density at radius 3 is 2.57 bits per heavy atom. The van der Waals surface area contributed by atoms with Crippen LogP contribution >= 0.6 is 11.6 Å². The largest absolute Gasteiger partial charge is 0.487 e. The van der Waals surface area contributed by atoms with Crippen LogP contribution in [0.5, 0.6) is 5.75 Å². The zero-order chi connectivity index (χ0) is 21.6. The SMILES string of the molecule is CC(C)[C@]12CC[C@](C)(O1)[C@@H](Oc1cccc(Cl)c1CNS(=O)(=O)c1ccccc1)C2. The monoisotopic (exact) mass is 449 g/mol. The molecule has 3 atom stereocenters. The molecule has 4 rings (SSSR count). The van der Waals surface area contributed by atoms with Gasteiger partial charge in [-0.05, 0) is 49.9 Å². The third-order valence-electron chi connectivity index (χ3n) is 6.58. The van der Waals surface area contributed by atoms with Gasteiger partial charge in [-0.1, -0.05) is 49.7 Å². The van der Waals surface area contributed by atoms with Crippen LogP contribution in [0.4, 0.5) is 0 Å². The minimum absolute atomic E-state index is 0.0475. The Hall–Kier alpha value is -1.60. The number of fused-ring (bicyclic) bond motifs is 2. The van der Waals surface area contributed by atoms with Gasteiger partial charge < -0.3 is 9.47 Å². The van der Waals surface area contributed by atoms with E-state index in [0.29, 0.717) is 22.3 Å². The first-order valence-electron chi connectivity index (χ1n) is 10.3. The zero-order valence-corrected chi connectivity index (χ0v) is 19.1. The van der Waals surface area contributed by atoms with Crippen LogP contribution in [-0.4, -0.2) is 25.7 Å². The molecule has 2 aliphatic rings. The fourth-order valence-corrected chi connectivity index (χ4v) is 5.81. The summed E-state index contributed by atoms with van der Waals surface area (Å²) in [5, 5.41) is 0.469. The molecule has 2 fully saturated rings. The second-order valence-corrected chi connectivity index (χ2v) is 11.0. The van der Waals surface area contributed by atoms with E-state index in [9.17, 15) is 8.42 Å². The van der Waals surface area contributed by atoms with Gasteiger partial charge in [0.2, 0.25) is 10.0 Å². The number of rotatable bonds is 7. The number of nitrogens with one attached hydrogen (secondary N) is 1. The molecule has 2 heterocycles. The van der Waals surface area contributed by atoms with E-state index in [1.54, 1.807) is 36.4 Å². The van der Waals surface area contributed by atoms with E-state index in [2.05, 4.69) is 25.5 Å². The topological polar surface area (TPSA) is 64.6 Å². The third-order valence-corrected chi connectivity index (χ3v) is 8.35. The highest BCUT2D eigenvalue weighted by Crippen LogP contribution is 2.55. The molecule has 0 radical (unpaired) electrons. The number of sulfonamides is 1. The van der Waals surface area contributed by atoms with Gasteiger partial charge in [0.25, 0.3) is 0 Å². The summed E-state index contributed by atoms with van der Waals surface area (Å²) in [4.78, 5) is 0.215. The number of hydrogen-bond acceptors (Lipinski definition) is 4. The molecule has 0 spiro atoms. The minimum atomic E-state index is -3.65. The van der Waals surface area contributed by atoms with E-state index in [4.69, 9.17) is 21.1 Å². The maximum absolute atomic E-state index is 12.6. The first-order valence-corrected chi connectivity index (χ1v) is 12.2. The first-order chi connectivity index (χ1) is 14.2. The summed E-state index contributed by atoms with van der Waals surface area (Å²) in [5.74, 6) is 1.00. The van der Waals surface area contributed by atoms with Crippen LogP contribution < -0.4 is 9.46 Å². The van der Waals surface area contributed by atoms with Gasteiger partial charge in [-0.3, -0.25) is 0 Å². The second-order valence-electron chi connectivity index (χ2n) is 8.80. The van der Waals surface area contributed by atoms with Crippen LogP contribution in [0.15, 0.2) is 53.4 Å². The average Bonchev–Trinajstić information content (AvgIpc) is 3.20. The molecule has 5 nitrogen and oxygen atoms in total. The summed E-state index contributed by atoms with van der Waals surface area (Å²) in [6, 6.07) is 13.7. The molecule has 0 saturated carbocycles. The lowest BCUT2D eigenvalue weighted by Crippen LogP contribution is -2.40. The Morgan fingerprint density at radius 1 is 1.17 bits per heavy atom. The van der Waals surface area contributed by atoms with Gasteiger partial charge in [-0.15, -0.1) is 0 Å². The van der Waals surface area contributed by atoms with Gasteiger partial charge in [0.1, 0.15) is 17.5 Å². The Labute approximate surface area is 183 Å². The molecule has 0 aliphatic carbocycles. The van der Waals surface area contributed by atoms with Gasteiger partial charge in [-0.25, -0.2) is 13.1 Å². The predicted octanol–water partition coefficient (Wildman–Crippen LogP) is 4.93. The lowest BCUT2D eigenvalue weighted by molar-refractivity contribution is -0.0770. The van der Waals surface area contributed by atoms with Crippen molar-refractivity contribution in [3.05, 3.63) is 59.1 Å². The number of ether oxygens (including phenoxy) is 2. The quantitative estimate of drug-likeness (QED) is 0.650. The van der Waals surface area contributed by atoms with Crippen molar-refractivity contribution in [2.75, 3.05) is 0 Å². The van der Waals surface area contributed by atoms with Crippen molar-refractivity contribution in [3.63, 3.8) is 0 Å². The highest BCUT2D eigenvalue weighted by Gasteiger charge is 2.61. The van der Waals surface area contributed by atoms with E-state index in [0.717, 1.165) is 19.3 Å². The fraction of sp³-hybridized carbons (Fsp3) is 0.478. The number of benzene rings is 2. The van der Waals surface area contributed by atoms with Crippen molar-refractivity contribution in [3.8, 4) is 5.75 Å². The summed E-state index contributed by atoms with van der Waals surface area (Å²) >= 11 is 6.44. The molecular formula is C23H28ClNO4S. The lowest BCUT2D eigenvalue weighted by atomic mass is 9.75. The molecule has 7 heteroatoms. The van der Waals surface area contributed by atoms with Gasteiger partial charge in [0.05, 0.1) is 10.5 Å². The zero-order valence-electron chi connectivity index (χ0n) is 17.5. The average molecular weight is 450 g/mol. The molecule has 2 aromatic carbocycles. The van der Waals surface area contributed by atoms with E-state index in [1.165, 1.54) is 0 Å². The summed E-state index contributed by atoms with van der Waals surface area (Å²) in [6.07, 6.45) is 2.71. The van der Waals surface area contributed by atoms with Crippen molar-refractivity contribution in [2.45, 2.75) is 68.8 Å². The van der Waals surface area contributed by atoms with Crippen molar-refractivity contribution in [2.24, 2.45) is 5.92 Å². The van der Waals surface area contributed by atoms with Gasteiger partial charge >= 0.3 is 0 Å². The molecule has 2 aliphatic heterocycles. The highest BCUT2D eigenvalue weighted by molar-refractivity contribution is 7.89. The summed E-state index contributed by atoms with van der Waals surface area (Å²) in [7, 11) is -3.65. The van der Waals surface area contributed by atoms with Gasteiger partial charge in [0, 0.05) is 23.6 Å². The predicted molar refractivity (Wildman–Crippen MR) is 117 cm³/mol. The summed E-state index contributed by atoms with van der Waals surface area (Å²) < 4.78 is 40.8. The molecule has 30 heavy (non-hydrogen) atoms. The maximum atomic E-state index is 12.6. The van der Waals surface area contributed by atoms with E-state index in [-0.39, 0.29) is 28.7 Å². The summed E-state index contributed by atoms with van der Waals surface area (Å²) in [5.41, 5.74) is 0.143. The van der Waals surface area contributed by atoms with Crippen LogP contribution in [-0.2, 0) is 21.3 Å². The Kier molecular flexibility index (Phi) is 5.64. The third kappa shape index (κ3) is 3.86. The number of hydrogen-bond donors (Lipinski definition) is 1. The standard InChI is InChI=1S/C23H28ClNO4S/c1-16(2)23-13-12-22(3,29-23)21(14-23)28-20-11-7-10-19(24)18(20)15-25-30(26,27)17-8-5-4-6-9-17/h4-11,16,21,25H,12-15H2,1-3H3/t21-,22-,23+/m0/s1. The fourth-order valence-electron chi connectivity index (χ4n) is 4.56. The molecule has 0 unspecified atom stereocenters. The maximum Gasteiger partial charge on any atom is 0.240 e. The molecule has 1 N–H and O–H groups in total. The molecule has 0 aromatic heterocycles. The Morgan fingerprint density at radius 2 is 1.90 bits per heavy atom. The van der Waals surface area contributed by atoms with E-state index < -0.39 is 10.0 Å². The molecule has 0 amide bonds. The lowest BCUT2D eigenvalue weighted by Gasteiger charge is -2.32. The van der Waals surface area contributed by atoms with Crippen molar-refractivity contribution in [1.82, 2.24) is 4.72 Å². The second kappa shape index (κ2) is 7.83. The van der Waals surface area contributed by atoms with Gasteiger partial charge in [0.15, 0.2) is 0 Å². The van der Waals surface area contributed by atoms with Crippen molar-refractivity contribution in [1.29, 1.82) is 0 Å². The number of halogens is 1.